The number of carbonyl (C=O) groups is 2. The number of allylic oxidation sites excluding steroid dienone is 2. The van der Waals surface area contributed by atoms with E-state index in [1.54, 1.807) is 12.1 Å². The average Bonchev–Trinajstić information content (AvgIpc) is 3.66. The number of hydrogen-bond acceptors (Lipinski definition) is 4. The second-order valence-corrected chi connectivity index (χ2v) is 12.5. The molecular weight excluding hydrogens is 499 g/mol. The van der Waals surface area contributed by atoms with Gasteiger partial charge in [-0.3, -0.25) is 14.6 Å². The molecule has 40 heavy (non-hydrogen) atoms. The Labute approximate surface area is 236 Å². The van der Waals surface area contributed by atoms with Crippen molar-refractivity contribution in [2.75, 3.05) is 0 Å². The molecule has 3 fully saturated rings. The summed E-state index contributed by atoms with van der Waals surface area (Å²) in [5.74, 6) is 1.13. The molecule has 4 aliphatic rings. The number of ketones is 2. The van der Waals surface area contributed by atoms with Crippen LogP contribution in [0.3, 0.4) is 0 Å². The first-order chi connectivity index (χ1) is 19.3. The number of rotatable bonds is 9. The Morgan fingerprint density at radius 3 is 2.67 bits per heavy atom. The molecule has 1 aromatic heterocycles. The van der Waals surface area contributed by atoms with Crippen LogP contribution in [0.25, 0.3) is 11.1 Å². The fourth-order valence-electron chi connectivity index (χ4n) is 7.25. The topological polar surface area (TPSA) is 59.4 Å². The van der Waals surface area contributed by atoms with Gasteiger partial charge >= 0.3 is 0 Å². The molecule has 1 aromatic carbocycles. The first-order valence-corrected chi connectivity index (χ1v) is 15.1. The van der Waals surface area contributed by atoms with Crippen LogP contribution in [0.15, 0.2) is 54.0 Å². The van der Waals surface area contributed by atoms with Gasteiger partial charge < -0.3 is 0 Å². The fraction of sp³-hybridized carbons (Fsp3) is 0.486. The lowest BCUT2D eigenvalue weighted by Gasteiger charge is -2.39. The van der Waals surface area contributed by atoms with Gasteiger partial charge in [0.1, 0.15) is 11.6 Å². The summed E-state index contributed by atoms with van der Waals surface area (Å²) in [4.78, 5) is 36.4. The van der Waals surface area contributed by atoms with Gasteiger partial charge in [-0.05, 0) is 118 Å². The van der Waals surface area contributed by atoms with Crippen LogP contribution in [0.4, 0.5) is 4.39 Å². The standard InChI is InChI=1S/C35H39FN2O2/c1-22(10-11-24-6-5-8-28(36)19-24)33-30(14-15-31(38-33)26-18-23(2)37-21-26)34(40)29-13-12-25(29)20-27-7-3-4-9-32(39)35(27)16-17-35/h5-6,8,14-15,18-19,21,23,25,27,29H,1,3-4,7,9-13,16-17,20H2,2H3. The van der Waals surface area contributed by atoms with Crippen molar-refractivity contribution in [2.24, 2.45) is 28.2 Å². The van der Waals surface area contributed by atoms with Crippen molar-refractivity contribution >= 4 is 28.9 Å². The van der Waals surface area contributed by atoms with E-state index >= 15 is 0 Å². The highest BCUT2D eigenvalue weighted by atomic mass is 19.1. The highest BCUT2D eigenvalue weighted by molar-refractivity contribution is 6.11. The first kappa shape index (κ1) is 27.0. The lowest BCUT2D eigenvalue weighted by atomic mass is 9.64. The average molecular weight is 539 g/mol. The maximum atomic E-state index is 14.1. The summed E-state index contributed by atoms with van der Waals surface area (Å²) in [7, 11) is 0. The molecule has 1 spiro atoms. The Hall–Kier alpha value is -3.21. The number of pyridine rings is 1. The van der Waals surface area contributed by atoms with Gasteiger partial charge in [0.25, 0.3) is 0 Å². The lowest BCUT2D eigenvalue weighted by molar-refractivity contribution is -0.126. The van der Waals surface area contributed by atoms with E-state index in [1.165, 1.54) is 6.07 Å². The number of aliphatic imine (C=N–C) groups is 1. The van der Waals surface area contributed by atoms with Gasteiger partial charge in [-0.15, -0.1) is 0 Å². The maximum absolute atomic E-state index is 14.1. The number of aryl methyl sites for hydroxylation is 1. The first-order valence-electron chi connectivity index (χ1n) is 15.1. The van der Waals surface area contributed by atoms with Crippen molar-refractivity contribution in [3.8, 4) is 0 Å². The Morgan fingerprint density at radius 2 is 1.98 bits per heavy atom. The summed E-state index contributed by atoms with van der Waals surface area (Å²) in [5, 5.41) is 0. The Morgan fingerprint density at radius 1 is 1.12 bits per heavy atom. The van der Waals surface area contributed by atoms with E-state index in [0.717, 1.165) is 80.2 Å². The normalized spacial score (nSPS) is 26.8. The predicted octanol–water partition coefficient (Wildman–Crippen LogP) is 7.86. The summed E-state index contributed by atoms with van der Waals surface area (Å²) in [5.41, 5.74) is 4.67. The SMILES string of the molecule is C=C(CCc1cccc(F)c1)c1nc(C2=CC(C)N=C2)ccc1C(=O)C1CCC1CC1CCCCC(=O)C12CC2. The molecule has 4 unspecified atom stereocenters. The molecule has 1 aliphatic heterocycles. The molecule has 4 atom stereocenters. The molecule has 0 amide bonds. The van der Waals surface area contributed by atoms with Crippen LogP contribution >= 0.6 is 0 Å². The van der Waals surface area contributed by atoms with Gasteiger partial charge in [-0.1, -0.05) is 25.1 Å². The van der Waals surface area contributed by atoms with Crippen LogP contribution < -0.4 is 0 Å². The van der Waals surface area contributed by atoms with Gasteiger partial charge in [0.05, 0.1) is 17.4 Å². The summed E-state index contributed by atoms with van der Waals surface area (Å²) < 4.78 is 13.8. The molecule has 2 aromatic rings. The second kappa shape index (κ2) is 11.0. The van der Waals surface area contributed by atoms with Gasteiger partial charge in [0, 0.05) is 35.1 Å². The van der Waals surface area contributed by atoms with Crippen LogP contribution in [0.2, 0.25) is 0 Å². The van der Waals surface area contributed by atoms with E-state index in [4.69, 9.17) is 4.98 Å². The number of aromatic nitrogens is 1. The highest BCUT2D eigenvalue weighted by Gasteiger charge is 2.56. The minimum absolute atomic E-state index is 0.0242. The van der Waals surface area contributed by atoms with Crippen molar-refractivity contribution in [1.29, 1.82) is 0 Å². The Balaban J connectivity index is 1.23. The van der Waals surface area contributed by atoms with Crippen molar-refractivity contribution in [1.82, 2.24) is 4.98 Å². The highest BCUT2D eigenvalue weighted by Crippen LogP contribution is 2.59. The third kappa shape index (κ3) is 5.27. The predicted molar refractivity (Wildman–Crippen MR) is 158 cm³/mol. The fourth-order valence-corrected chi connectivity index (χ4v) is 7.25. The van der Waals surface area contributed by atoms with Crippen LogP contribution in [0.5, 0.6) is 0 Å². The molecule has 3 saturated carbocycles. The van der Waals surface area contributed by atoms with Crippen molar-refractivity contribution in [3.05, 3.63) is 77.4 Å². The summed E-state index contributed by atoms with van der Waals surface area (Å²) in [6.07, 6.45) is 14.2. The quantitative estimate of drug-likeness (QED) is 0.305. The van der Waals surface area contributed by atoms with Gasteiger partial charge in [-0.25, -0.2) is 9.37 Å². The minimum Gasteiger partial charge on any atom is -0.299 e. The van der Waals surface area contributed by atoms with Crippen LogP contribution in [0.1, 0.15) is 98.4 Å². The van der Waals surface area contributed by atoms with Gasteiger partial charge in [0.15, 0.2) is 5.78 Å². The van der Waals surface area contributed by atoms with E-state index in [9.17, 15) is 14.0 Å². The zero-order valence-electron chi connectivity index (χ0n) is 23.5. The molecule has 0 bridgehead atoms. The van der Waals surface area contributed by atoms with E-state index in [1.807, 2.05) is 31.3 Å². The summed E-state index contributed by atoms with van der Waals surface area (Å²) in [6, 6.07) is 10.6. The summed E-state index contributed by atoms with van der Waals surface area (Å²) >= 11 is 0. The van der Waals surface area contributed by atoms with Gasteiger partial charge in [-0.2, -0.15) is 0 Å². The van der Waals surface area contributed by atoms with Crippen molar-refractivity contribution in [3.63, 3.8) is 0 Å². The Kier molecular flexibility index (Phi) is 7.41. The molecule has 2 heterocycles. The molecule has 6 rings (SSSR count). The molecule has 3 aliphatic carbocycles. The number of benzene rings is 1. The van der Waals surface area contributed by atoms with E-state index < -0.39 is 0 Å². The third-order valence-corrected chi connectivity index (χ3v) is 9.94. The van der Waals surface area contributed by atoms with Crippen LogP contribution in [-0.4, -0.2) is 28.8 Å². The lowest BCUT2D eigenvalue weighted by Crippen LogP contribution is -2.37. The summed E-state index contributed by atoms with van der Waals surface area (Å²) in [6.45, 7) is 6.38. The van der Waals surface area contributed by atoms with Crippen molar-refractivity contribution < 1.29 is 14.0 Å². The third-order valence-electron chi connectivity index (χ3n) is 9.94. The smallest absolute Gasteiger partial charge is 0.168 e. The minimum atomic E-state index is -0.250. The monoisotopic (exact) mass is 538 g/mol. The van der Waals surface area contributed by atoms with E-state index in [-0.39, 0.29) is 29.0 Å². The molecule has 0 radical (unpaired) electrons. The molecule has 4 nitrogen and oxygen atoms in total. The number of hydrogen-bond donors (Lipinski definition) is 0. The molecule has 0 saturated heterocycles. The number of nitrogens with zero attached hydrogens (tertiary/aromatic N) is 2. The van der Waals surface area contributed by atoms with E-state index in [2.05, 4.69) is 17.6 Å². The Bertz CT molecular complexity index is 1400. The van der Waals surface area contributed by atoms with Gasteiger partial charge in [0.2, 0.25) is 0 Å². The molecule has 5 heteroatoms. The number of carbonyl (C=O) groups excluding carboxylic acids is 2. The van der Waals surface area contributed by atoms with Crippen LogP contribution in [0, 0.1) is 29.0 Å². The molecule has 0 N–H and O–H groups in total. The molecule has 208 valence electrons. The zero-order valence-corrected chi connectivity index (χ0v) is 23.5. The second-order valence-electron chi connectivity index (χ2n) is 12.5. The largest absolute Gasteiger partial charge is 0.299 e. The van der Waals surface area contributed by atoms with Crippen LogP contribution in [-0.2, 0) is 11.2 Å². The number of halogens is 1. The van der Waals surface area contributed by atoms with Crippen molar-refractivity contribution in [2.45, 2.75) is 83.6 Å². The van der Waals surface area contributed by atoms with E-state index in [0.29, 0.717) is 41.7 Å². The zero-order chi connectivity index (χ0) is 27.9. The molecular formula is C35H39FN2O2. The number of Topliss-reactive ketones (excluding diaryl/α,β-unsaturated/α-hetero) is 2. The maximum Gasteiger partial charge on any atom is 0.168 e.